The van der Waals surface area contributed by atoms with Crippen LogP contribution in [0.4, 0.5) is 16.0 Å². The molecule has 0 atom stereocenters. The topological polar surface area (TPSA) is 77.8 Å². The van der Waals surface area contributed by atoms with Gasteiger partial charge in [0.05, 0.1) is 12.5 Å². The minimum atomic E-state index is -0.305. The third-order valence-corrected chi connectivity index (χ3v) is 4.13. The Labute approximate surface area is 161 Å². The number of hydrogen-bond donors (Lipinski definition) is 1. The van der Waals surface area contributed by atoms with Gasteiger partial charge in [0.1, 0.15) is 11.6 Å². The predicted octanol–water partition coefficient (Wildman–Crippen LogP) is 4.70. The molecule has 3 aromatic heterocycles. The Morgan fingerprint density at radius 1 is 1.14 bits per heavy atom. The van der Waals surface area contributed by atoms with Crippen molar-refractivity contribution in [3.05, 3.63) is 60.9 Å². The molecule has 0 aliphatic carbocycles. The zero-order valence-electron chi connectivity index (χ0n) is 15.3. The summed E-state index contributed by atoms with van der Waals surface area (Å²) >= 11 is 0. The van der Waals surface area contributed by atoms with E-state index < -0.39 is 0 Å². The number of imidazole rings is 1. The maximum absolute atomic E-state index is 13.2. The van der Waals surface area contributed by atoms with E-state index in [0.29, 0.717) is 34.4 Å². The molecule has 4 aromatic rings. The molecule has 0 fully saturated rings. The quantitative estimate of drug-likeness (QED) is 0.502. The summed E-state index contributed by atoms with van der Waals surface area (Å²) in [4.78, 5) is 17.6. The van der Waals surface area contributed by atoms with Crippen LogP contribution in [0, 0.1) is 5.82 Å². The van der Waals surface area contributed by atoms with E-state index in [4.69, 9.17) is 4.74 Å². The molecule has 7 nitrogen and oxygen atoms in total. The van der Waals surface area contributed by atoms with Gasteiger partial charge in [0.15, 0.2) is 11.2 Å². The Balaban J connectivity index is 1.74. The highest BCUT2D eigenvalue weighted by molar-refractivity contribution is 5.78. The Kier molecular flexibility index (Phi) is 5.09. The Morgan fingerprint density at radius 3 is 2.75 bits per heavy atom. The molecule has 28 heavy (non-hydrogen) atoms. The number of fused-ring (bicyclic) bond motifs is 1. The van der Waals surface area contributed by atoms with E-state index >= 15 is 0 Å². The highest BCUT2D eigenvalue weighted by Gasteiger charge is 2.15. The number of unbranched alkanes of at least 4 members (excludes halogenated alkanes) is 1. The predicted molar refractivity (Wildman–Crippen MR) is 104 cm³/mol. The van der Waals surface area contributed by atoms with Crippen molar-refractivity contribution >= 4 is 22.8 Å². The molecule has 1 aromatic carbocycles. The van der Waals surface area contributed by atoms with Crippen molar-refractivity contribution in [2.45, 2.75) is 26.3 Å². The van der Waals surface area contributed by atoms with Crippen molar-refractivity contribution in [2.24, 2.45) is 0 Å². The summed E-state index contributed by atoms with van der Waals surface area (Å²) in [6, 6.07) is 9.57. The fourth-order valence-corrected chi connectivity index (χ4v) is 2.72. The van der Waals surface area contributed by atoms with Gasteiger partial charge in [-0.05, 0) is 42.8 Å². The summed E-state index contributed by atoms with van der Waals surface area (Å²) in [6.07, 6.45) is 7.09. The minimum Gasteiger partial charge on any atom is -0.435 e. The monoisotopic (exact) mass is 378 g/mol. The fourth-order valence-electron chi connectivity index (χ4n) is 2.72. The molecular formula is C20H19FN6O. The number of nitrogens with one attached hydrogen (secondary N) is 1. The second kappa shape index (κ2) is 7.99. The van der Waals surface area contributed by atoms with Crippen LogP contribution in [0.25, 0.3) is 11.2 Å². The molecule has 0 amide bonds. The van der Waals surface area contributed by atoms with E-state index in [1.807, 2.05) is 4.57 Å². The summed E-state index contributed by atoms with van der Waals surface area (Å²) in [5.74, 6) is 0.924. The molecule has 1 N–H and O–H groups in total. The highest BCUT2D eigenvalue weighted by atomic mass is 19.1. The first-order chi connectivity index (χ1) is 13.7. The lowest BCUT2D eigenvalue weighted by Gasteiger charge is -2.10. The first-order valence-corrected chi connectivity index (χ1v) is 9.06. The summed E-state index contributed by atoms with van der Waals surface area (Å²) < 4.78 is 21.1. The Hall–Kier alpha value is -3.55. The number of hydrogen-bond acceptors (Lipinski definition) is 6. The number of halogens is 1. The van der Waals surface area contributed by atoms with Gasteiger partial charge < -0.3 is 14.6 Å². The summed E-state index contributed by atoms with van der Waals surface area (Å²) in [5.41, 5.74) is 1.92. The van der Waals surface area contributed by atoms with E-state index in [9.17, 15) is 4.39 Å². The van der Waals surface area contributed by atoms with Crippen LogP contribution in [0.15, 0.2) is 55.1 Å². The number of pyridine rings is 1. The summed E-state index contributed by atoms with van der Waals surface area (Å²) in [6.45, 7) is 2.93. The molecule has 0 spiro atoms. The zero-order chi connectivity index (χ0) is 19.3. The average Bonchev–Trinajstić information content (AvgIpc) is 3.12. The van der Waals surface area contributed by atoms with Crippen molar-refractivity contribution in [2.75, 3.05) is 5.32 Å². The second-order valence-corrected chi connectivity index (χ2v) is 6.24. The summed E-state index contributed by atoms with van der Waals surface area (Å²) in [7, 11) is 0. The number of ether oxygens (including phenoxy) is 1. The molecular weight excluding hydrogens is 359 g/mol. The SMILES string of the molecule is CCCCn1cnc2c(Oc3cccnc3)nc(Nc3ccc(F)cc3)nc21. The Bertz CT molecular complexity index is 1070. The third kappa shape index (κ3) is 3.90. The number of aromatic nitrogens is 5. The van der Waals surface area contributed by atoms with E-state index in [1.165, 1.54) is 12.1 Å². The number of rotatable bonds is 7. The van der Waals surface area contributed by atoms with Gasteiger partial charge >= 0.3 is 0 Å². The number of anilines is 2. The van der Waals surface area contributed by atoms with Crippen LogP contribution in [-0.2, 0) is 6.54 Å². The lowest BCUT2D eigenvalue weighted by molar-refractivity contribution is 0.465. The molecule has 142 valence electrons. The van der Waals surface area contributed by atoms with Crippen LogP contribution in [-0.4, -0.2) is 24.5 Å². The molecule has 0 saturated heterocycles. The van der Waals surface area contributed by atoms with Crippen LogP contribution in [0.1, 0.15) is 19.8 Å². The van der Waals surface area contributed by atoms with Crippen molar-refractivity contribution in [1.82, 2.24) is 24.5 Å². The van der Waals surface area contributed by atoms with E-state index in [1.54, 1.807) is 43.0 Å². The molecule has 0 unspecified atom stereocenters. The molecule has 3 heterocycles. The summed E-state index contributed by atoms with van der Waals surface area (Å²) in [5, 5.41) is 3.10. The van der Waals surface area contributed by atoms with Crippen molar-refractivity contribution < 1.29 is 9.13 Å². The van der Waals surface area contributed by atoms with E-state index in [2.05, 4.69) is 32.2 Å². The smallest absolute Gasteiger partial charge is 0.252 e. The van der Waals surface area contributed by atoms with E-state index in [0.717, 1.165) is 19.4 Å². The molecule has 8 heteroatoms. The average molecular weight is 378 g/mol. The van der Waals surface area contributed by atoms with Crippen LogP contribution in [0.2, 0.25) is 0 Å². The van der Waals surface area contributed by atoms with Crippen LogP contribution in [0.3, 0.4) is 0 Å². The standard InChI is InChI=1S/C20H19FN6O/c1-2-3-11-27-13-23-17-18(27)25-20(24-15-8-6-14(21)7-9-15)26-19(17)28-16-5-4-10-22-12-16/h4-10,12-13H,2-3,11H2,1H3,(H,24,25,26). The van der Waals surface area contributed by atoms with Gasteiger partial charge in [-0.15, -0.1) is 0 Å². The van der Waals surface area contributed by atoms with Gasteiger partial charge in [0.2, 0.25) is 5.95 Å². The molecule has 4 rings (SSSR count). The molecule has 0 saturated carbocycles. The van der Waals surface area contributed by atoms with Crippen LogP contribution < -0.4 is 10.1 Å². The first kappa shape index (κ1) is 17.8. The van der Waals surface area contributed by atoms with Gasteiger partial charge in [-0.25, -0.2) is 9.37 Å². The largest absolute Gasteiger partial charge is 0.435 e. The van der Waals surface area contributed by atoms with Crippen molar-refractivity contribution in [3.63, 3.8) is 0 Å². The van der Waals surface area contributed by atoms with Gasteiger partial charge in [0.25, 0.3) is 5.88 Å². The highest BCUT2D eigenvalue weighted by Crippen LogP contribution is 2.28. The van der Waals surface area contributed by atoms with Crippen molar-refractivity contribution in [3.8, 4) is 11.6 Å². The maximum atomic E-state index is 13.2. The maximum Gasteiger partial charge on any atom is 0.252 e. The zero-order valence-corrected chi connectivity index (χ0v) is 15.3. The lowest BCUT2D eigenvalue weighted by Crippen LogP contribution is -2.03. The number of aryl methyl sites for hydroxylation is 1. The molecule has 0 aliphatic rings. The van der Waals surface area contributed by atoms with Crippen LogP contribution >= 0.6 is 0 Å². The minimum absolute atomic E-state index is 0.305. The Morgan fingerprint density at radius 2 is 2.00 bits per heavy atom. The van der Waals surface area contributed by atoms with Crippen LogP contribution in [0.5, 0.6) is 11.6 Å². The second-order valence-electron chi connectivity index (χ2n) is 6.24. The number of benzene rings is 1. The molecule has 0 aliphatic heterocycles. The molecule has 0 radical (unpaired) electrons. The van der Waals surface area contributed by atoms with Gasteiger partial charge in [0, 0.05) is 18.4 Å². The van der Waals surface area contributed by atoms with Gasteiger partial charge in [-0.3, -0.25) is 4.98 Å². The van der Waals surface area contributed by atoms with E-state index in [-0.39, 0.29) is 5.82 Å². The van der Waals surface area contributed by atoms with Gasteiger partial charge in [-0.1, -0.05) is 13.3 Å². The third-order valence-electron chi connectivity index (χ3n) is 4.13. The fraction of sp³-hybridized carbons (Fsp3) is 0.200. The normalized spacial score (nSPS) is 10.9. The first-order valence-electron chi connectivity index (χ1n) is 9.06. The van der Waals surface area contributed by atoms with Crippen molar-refractivity contribution in [1.29, 1.82) is 0 Å². The lowest BCUT2D eigenvalue weighted by atomic mass is 10.3. The molecule has 0 bridgehead atoms. The van der Waals surface area contributed by atoms with Gasteiger partial charge in [-0.2, -0.15) is 9.97 Å². The number of nitrogens with zero attached hydrogens (tertiary/aromatic N) is 5.